The van der Waals surface area contributed by atoms with Crippen molar-refractivity contribution in [3.05, 3.63) is 29.8 Å². The lowest BCUT2D eigenvalue weighted by Gasteiger charge is -2.23. The predicted octanol–water partition coefficient (Wildman–Crippen LogP) is 3.03. The van der Waals surface area contributed by atoms with Crippen LogP contribution in [-0.4, -0.2) is 55.5 Å². The van der Waals surface area contributed by atoms with Gasteiger partial charge in [-0.25, -0.2) is 0 Å². The van der Waals surface area contributed by atoms with Gasteiger partial charge in [-0.15, -0.1) is 0 Å². The summed E-state index contributed by atoms with van der Waals surface area (Å²) in [4.78, 5) is 17.4. The number of benzene rings is 1. The van der Waals surface area contributed by atoms with Gasteiger partial charge in [-0.2, -0.15) is 0 Å². The Balaban J connectivity index is 1.59. The third-order valence-corrected chi connectivity index (χ3v) is 5.19. The van der Waals surface area contributed by atoms with E-state index >= 15 is 0 Å². The second-order valence-electron chi connectivity index (χ2n) is 6.80. The Hall–Kier alpha value is -1.55. The smallest absolute Gasteiger partial charge is 0.257 e. The summed E-state index contributed by atoms with van der Waals surface area (Å²) in [6, 6.07) is 7.54. The van der Waals surface area contributed by atoms with Crippen LogP contribution in [0.5, 0.6) is 5.75 Å². The SMILES string of the molecule is COc1ccccc1C(=O)N1CCC[C@H](CN2CCCC2)CC1. The number of hydrogen-bond donors (Lipinski definition) is 0. The molecule has 0 aliphatic carbocycles. The van der Waals surface area contributed by atoms with Crippen molar-refractivity contribution in [2.45, 2.75) is 32.1 Å². The molecule has 3 rings (SSSR count). The highest BCUT2D eigenvalue weighted by molar-refractivity contribution is 5.96. The molecule has 0 aromatic heterocycles. The molecule has 1 amide bonds. The molecule has 2 fully saturated rings. The van der Waals surface area contributed by atoms with Gasteiger partial charge >= 0.3 is 0 Å². The molecule has 0 spiro atoms. The standard InChI is InChI=1S/C19H28N2O2/c1-23-18-9-3-2-8-17(18)19(22)21-13-6-7-16(10-14-21)15-20-11-4-5-12-20/h2-3,8-9,16H,4-7,10-15H2,1H3/t16-/m0/s1. The number of ether oxygens (including phenoxy) is 1. The minimum atomic E-state index is 0.115. The van der Waals surface area contributed by atoms with E-state index in [1.165, 1.54) is 38.9 Å². The van der Waals surface area contributed by atoms with Crippen LogP contribution < -0.4 is 4.74 Å². The summed E-state index contributed by atoms with van der Waals surface area (Å²) < 4.78 is 5.34. The Labute approximate surface area is 139 Å². The Morgan fingerprint density at radius 1 is 1.09 bits per heavy atom. The maximum Gasteiger partial charge on any atom is 0.257 e. The monoisotopic (exact) mass is 316 g/mol. The van der Waals surface area contributed by atoms with Crippen molar-refractivity contribution in [1.82, 2.24) is 9.80 Å². The number of hydrogen-bond acceptors (Lipinski definition) is 3. The third-order valence-electron chi connectivity index (χ3n) is 5.19. The largest absolute Gasteiger partial charge is 0.496 e. The second-order valence-corrected chi connectivity index (χ2v) is 6.80. The number of likely N-dealkylation sites (tertiary alicyclic amines) is 2. The van der Waals surface area contributed by atoms with E-state index in [2.05, 4.69) is 4.90 Å². The van der Waals surface area contributed by atoms with Crippen LogP contribution in [0.15, 0.2) is 24.3 Å². The van der Waals surface area contributed by atoms with Crippen LogP contribution in [-0.2, 0) is 0 Å². The highest BCUT2D eigenvalue weighted by Crippen LogP contribution is 2.24. The van der Waals surface area contributed by atoms with E-state index in [0.29, 0.717) is 11.3 Å². The van der Waals surface area contributed by atoms with Crippen molar-refractivity contribution in [2.75, 3.05) is 39.8 Å². The van der Waals surface area contributed by atoms with Gasteiger partial charge in [-0.05, 0) is 63.2 Å². The summed E-state index contributed by atoms with van der Waals surface area (Å²) in [5.41, 5.74) is 0.688. The molecule has 4 heteroatoms. The lowest BCUT2D eigenvalue weighted by Crippen LogP contribution is -2.33. The van der Waals surface area contributed by atoms with Crippen molar-refractivity contribution in [3.63, 3.8) is 0 Å². The van der Waals surface area contributed by atoms with E-state index in [-0.39, 0.29) is 5.91 Å². The first kappa shape index (κ1) is 16.3. The average Bonchev–Trinajstić information content (AvgIpc) is 2.98. The molecule has 0 radical (unpaired) electrons. The molecule has 4 nitrogen and oxygen atoms in total. The van der Waals surface area contributed by atoms with Gasteiger partial charge in [0.1, 0.15) is 5.75 Å². The number of carbonyl (C=O) groups is 1. The average molecular weight is 316 g/mol. The van der Waals surface area contributed by atoms with Crippen LogP contribution in [0.3, 0.4) is 0 Å². The number of para-hydroxylation sites is 1. The Kier molecular flexibility index (Phi) is 5.55. The fraction of sp³-hybridized carbons (Fsp3) is 0.632. The van der Waals surface area contributed by atoms with Crippen molar-refractivity contribution < 1.29 is 9.53 Å². The molecular weight excluding hydrogens is 288 g/mol. The van der Waals surface area contributed by atoms with Crippen LogP contribution in [0.25, 0.3) is 0 Å². The number of carbonyl (C=O) groups excluding carboxylic acids is 1. The van der Waals surface area contributed by atoms with Crippen molar-refractivity contribution in [2.24, 2.45) is 5.92 Å². The van der Waals surface area contributed by atoms with Crippen molar-refractivity contribution >= 4 is 5.91 Å². The van der Waals surface area contributed by atoms with Gasteiger partial charge in [0.2, 0.25) is 0 Å². The predicted molar refractivity (Wildman–Crippen MR) is 91.9 cm³/mol. The zero-order chi connectivity index (χ0) is 16.1. The molecule has 2 aliphatic heterocycles. The van der Waals surface area contributed by atoms with Crippen molar-refractivity contribution in [1.29, 1.82) is 0 Å². The van der Waals surface area contributed by atoms with Crippen LogP contribution in [0.4, 0.5) is 0 Å². The van der Waals surface area contributed by atoms with Gasteiger partial charge < -0.3 is 14.5 Å². The topological polar surface area (TPSA) is 32.8 Å². The van der Waals surface area contributed by atoms with E-state index in [0.717, 1.165) is 31.8 Å². The van der Waals surface area contributed by atoms with Crippen molar-refractivity contribution in [3.8, 4) is 5.75 Å². The Morgan fingerprint density at radius 3 is 2.65 bits per heavy atom. The van der Waals surface area contributed by atoms with Crippen LogP contribution in [0, 0.1) is 5.92 Å². The minimum Gasteiger partial charge on any atom is -0.496 e. The molecule has 2 aliphatic rings. The van der Waals surface area contributed by atoms with E-state index in [4.69, 9.17) is 4.74 Å². The summed E-state index contributed by atoms with van der Waals surface area (Å²) in [7, 11) is 1.63. The molecule has 1 aromatic rings. The summed E-state index contributed by atoms with van der Waals surface area (Å²) >= 11 is 0. The summed E-state index contributed by atoms with van der Waals surface area (Å²) in [5.74, 6) is 1.53. The van der Waals surface area contributed by atoms with Gasteiger partial charge in [0.05, 0.1) is 12.7 Å². The highest BCUT2D eigenvalue weighted by atomic mass is 16.5. The molecule has 0 bridgehead atoms. The van der Waals surface area contributed by atoms with E-state index in [1.807, 2.05) is 29.2 Å². The van der Waals surface area contributed by atoms with Gasteiger partial charge in [0.15, 0.2) is 0 Å². The normalized spacial score (nSPS) is 22.8. The lowest BCUT2D eigenvalue weighted by molar-refractivity contribution is 0.0755. The first-order chi connectivity index (χ1) is 11.3. The minimum absolute atomic E-state index is 0.115. The van der Waals surface area contributed by atoms with Gasteiger partial charge in [-0.3, -0.25) is 4.79 Å². The third kappa shape index (κ3) is 4.05. The molecule has 0 N–H and O–H groups in total. The quantitative estimate of drug-likeness (QED) is 0.856. The first-order valence-corrected chi connectivity index (χ1v) is 8.92. The molecule has 0 saturated carbocycles. The summed E-state index contributed by atoms with van der Waals surface area (Å²) in [5, 5.41) is 0. The van der Waals surface area contributed by atoms with Gasteiger partial charge in [-0.1, -0.05) is 12.1 Å². The molecule has 1 atom stereocenters. The second kappa shape index (κ2) is 7.82. The molecule has 1 aromatic carbocycles. The molecule has 2 heterocycles. The Bertz CT molecular complexity index is 526. The number of amides is 1. The number of methoxy groups -OCH3 is 1. The summed E-state index contributed by atoms with van der Waals surface area (Å²) in [6.07, 6.45) is 6.18. The lowest BCUT2D eigenvalue weighted by atomic mass is 10.0. The van der Waals surface area contributed by atoms with Crippen LogP contribution in [0.1, 0.15) is 42.5 Å². The fourth-order valence-electron chi connectivity index (χ4n) is 3.87. The maximum absolute atomic E-state index is 12.8. The zero-order valence-electron chi connectivity index (χ0n) is 14.2. The van der Waals surface area contributed by atoms with Gasteiger partial charge in [0, 0.05) is 19.6 Å². The van der Waals surface area contributed by atoms with Gasteiger partial charge in [0.25, 0.3) is 5.91 Å². The molecule has 0 unspecified atom stereocenters. The molecule has 23 heavy (non-hydrogen) atoms. The van der Waals surface area contributed by atoms with E-state index < -0.39 is 0 Å². The summed E-state index contributed by atoms with van der Waals surface area (Å²) in [6.45, 7) is 5.49. The maximum atomic E-state index is 12.8. The number of rotatable bonds is 4. The van der Waals surface area contributed by atoms with Crippen LogP contribution >= 0.6 is 0 Å². The Morgan fingerprint density at radius 2 is 1.87 bits per heavy atom. The fourth-order valence-corrected chi connectivity index (χ4v) is 3.87. The highest BCUT2D eigenvalue weighted by Gasteiger charge is 2.25. The van der Waals surface area contributed by atoms with Crippen LogP contribution in [0.2, 0.25) is 0 Å². The molecule has 126 valence electrons. The van der Waals surface area contributed by atoms with E-state index in [1.54, 1.807) is 7.11 Å². The molecule has 2 saturated heterocycles. The first-order valence-electron chi connectivity index (χ1n) is 8.92. The number of nitrogens with zero attached hydrogens (tertiary/aromatic N) is 2. The zero-order valence-corrected chi connectivity index (χ0v) is 14.2. The van der Waals surface area contributed by atoms with E-state index in [9.17, 15) is 4.79 Å². The molecular formula is C19H28N2O2.